The summed E-state index contributed by atoms with van der Waals surface area (Å²) in [5.74, 6) is -0.0915. The molecule has 1 aliphatic carbocycles. The molecule has 1 amide bonds. The van der Waals surface area contributed by atoms with Crippen LogP contribution in [-0.2, 0) is 0 Å². The van der Waals surface area contributed by atoms with Crippen molar-refractivity contribution >= 4 is 21.8 Å². The highest BCUT2D eigenvalue weighted by atomic mass is 79.9. The molecule has 92 valence electrons. The van der Waals surface area contributed by atoms with Crippen molar-refractivity contribution in [2.75, 3.05) is 6.54 Å². The largest absolute Gasteiger partial charge is 0.345 e. The Kier molecular flexibility index (Phi) is 3.79. The first-order chi connectivity index (χ1) is 8.15. The lowest BCUT2D eigenvalue weighted by Crippen LogP contribution is -2.51. The molecular weight excluding hydrogens is 282 g/mol. The molecule has 1 aromatic rings. The van der Waals surface area contributed by atoms with Crippen LogP contribution in [0, 0.1) is 0 Å². The maximum absolute atomic E-state index is 12.1. The van der Waals surface area contributed by atoms with Crippen LogP contribution in [-0.4, -0.2) is 23.0 Å². The van der Waals surface area contributed by atoms with E-state index in [0.29, 0.717) is 12.1 Å². The molecule has 1 aliphatic rings. The van der Waals surface area contributed by atoms with Gasteiger partial charge in [-0.25, -0.2) is 0 Å². The van der Waals surface area contributed by atoms with Gasteiger partial charge < -0.3 is 11.1 Å². The molecule has 0 aliphatic heterocycles. The molecule has 1 aromatic heterocycles. The van der Waals surface area contributed by atoms with Crippen molar-refractivity contribution in [1.82, 2.24) is 10.3 Å². The summed E-state index contributed by atoms with van der Waals surface area (Å²) >= 11 is 3.31. The Labute approximate surface area is 109 Å². The van der Waals surface area contributed by atoms with Crippen LogP contribution in [0.2, 0.25) is 0 Å². The fourth-order valence-electron chi connectivity index (χ4n) is 2.28. The molecular formula is C12H16BrN3O. The number of halogens is 1. The third kappa shape index (κ3) is 2.84. The van der Waals surface area contributed by atoms with Crippen LogP contribution in [0.4, 0.5) is 0 Å². The molecule has 1 fully saturated rings. The van der Waals surface area contributed by atoms with Crippen molar-refractivity contribution in [3.63, 3.8) is 0 Å². The SMILES string of the molecule is NCC1(NC(=O)c2cncc(Br)c2)CCCC1. The van der Waals surface area contributed by atoms with Gasteiger partial charge in [0.1, 0.15) is 0 Å². The van der Waals surface area contributed by atoms with Crippen LogP contribution in [0.15, 0.2) is 22.9 Å². The summed E-state index contributed by atoms with van der Waals surface area (Å²) in [5, 5.41) is 3.06. The van der Waals surface area contributed by atoms with E-state index in [4.69, 9.17) is 5.73 Å². The lowest BCUT2D eigenvalue weighted by molar-refractivity contribution is 0.0902. The Balaban J connectivity index is 2.11. The highest BCUT2D eigenvalue weighted by molar-refractivity contribution is 9.10. The van der Waals surface area contributed by atoms with Gasteiger partial charge in [-0.05, 0) is 34.8 Å². The molecule has 5 heteroatoms. The number of amides is 1. The zero-order chi connectivity index (χ0) is 12.3. The number of carbonyl (C=O) groups excluding carboxylic acids is 1. The smallest absolute Gasteiger partial charge is 0.253 e. The standard InChI is InChI=1S/C12H16BrN3O/c13-10-5-9(6-15-7-10)11(17)16-12(8-14)3-1-2-4-12/h5-7H,1-4,8,14H2,(H,16,17). The van der Waals surface area contributed by atoms with Gasteiger partial charge >= 0.3 is 0 Å². The van der Waals surface area contributed by atoms with E-state index < -0.39 is 0 Å². The molecule has 0 spiro atoms. The molecule has 0 bridgehead atoms. The predicted octanol–water partition coefficient (Wildman–Crippen LogP) is 1.85. The summed E-state index contributed by atoms with van der Waals surface area (Å²) in [7, 11) is 0. The number of carbonyl (C=O) groups is 1. The second-order valence-electron chi connectivity index (χ2n) is 4.54. The van der Waals surface area contributed by atoms with E-state index in [0.717, 1.165) is 30.2 Å². The first-order valence-electron chi connectivity index (χ1n) is 5.78. The van der Waals surface area contributed by atoms with Gasteiger partial charge in [-0.15, -0.1) is 0 Å². The maximum atomic E-state index is 12.1. The van der Waals surface area contributed by atoms with Crippen molar-refractivity contribution in [2.45, 2.75) is 31.2 Å². The molecule has 4 nitrogen and oxygen atoms in total. The zero-order valence-electron chi connectivity index (χ0n) is 9.58. The number of hydrogen-bond acceptors (Lipinski definition) is 3. The van der Waals surface area contributed by atoms with E-state index in [1.54, 1.807) is 18.5 Å². The van der Waals surface area contributed by atoms with Gasteiger partial charge in [0, 0.05) is 23.4 Å². The average Bonchev–Trinajstić information content (AvgIpc) is 2.78. The van der Waals surface area contributed by atoms with Gasteiger partial charge in [-0.1, -0.05) is 12.8 Å². The van der Waals surface area contributed by atoms with E-state index in [1.165, 1.54) is 0 Å². The van der Waals surface area contributed by atoms with E-state index in [2.05, 4.69) is 26.2 Å². The fourth-order valence-corrected chi connectivity index (χ4v) is 2.65. The Morgan fingerprint density at radius 3 is 2.76 bits per heavy atom. The lowest BCUT2D eigenvalue weighted by atomic mass is 9.97. The van der Waals surface area contributed by atoms with E-state index in [9.17, 15) is 4.79 Å². The van der Waals surface area contributed by atoms with Crippen molar-refractivity contribution in [3.05, 3.63) is 28.5 Å². The third-order valence-corrected chi connectivity index (χ3v) is 3.73. The number of nitrogens with zero attached hydrogens (tertiary/aromatic N) is 1. The molecule has 3 N–H and O–H groups in total. The molecule has 2 rings (SSSR count). The number of nitrogens with two attached hydrogens (primary N) is 1. The molecule has 1 saturated carbocycles. The Morgan fingerprint density at radius 1 is 1.47 bits per heavy atom. The maximum Gasteiger partial charge on any atom is 0.253 e. The Bertz CT molecular complexity index is 416. The number of aromatic nitrogens is 1. The van der Waals surface area contributed by atoms with E-state index >= 15 is 0 Å². The summed E-state index contributed by atoms with van der Waals surface area (Å²) in [6, 6.07) is 1.77. The van der Waals surface area contributed by atoms with E-state index in [1.807, 2.05) is 0 Å². The minimum Gasteiger partial charge on any atom is -0.345 e. The van der Waals surface area contributed by atoms with Crippen LogP contribution >= 0.6 is 15.9 Å². The zero-order valence-corrected chi connectivity index (χ0v) is 11.2. The lowest BCUT2D eigenvalue weighted by Gasteiger charge is -2.28. The summed E-state index contributed by atoms with van der Waals surface area (Å²) in [4.78, 5) is 16.1. The molecule has 1 heterocycles. The summed E-state index contributed by atoms with van der Waals surface area (Å²) in [6.45, 7) is 0.500. The summed E-state index contributed by atoms with van der Waals surface area (Å²) < 4.78 is 0.804. The minimum absolute atomic E-state index is 0.0915. The van der Waals surface area contributed by atoms with Crippen molar-refractivity contribution in [3.8, 4) is 0 Å². The van der Waals surface area contributed by atoms with Gasteiger partial charge in [0.25, 0.3) is 5.91 Å². The Hall–Kier alpha value is -0.940. The van der Waals surface area contributed by atoms with Gasteiger partial charge in [0.15, 0.2) is 0 Å². The molecule has 0 aromatic carbocycles. The highest BCUT2D eigenvalue weighted by Crippen LogP contribution is 2.29. The minimum atomic E-state index is -0.209. The van der Waals surface area contributed by atoms with Crippen molar-refractivity contribution in [1.29, 1.82) is 0 Å². The third-order valence-electron chi connectivity index (χ3n) is 3.30. The van der Waals surface area contributed by atoms with Crippen molar-refractivity contribution < 1.29 is 4.79 Å². The van der Waals surface area contributed by atoms with Gasteiger partial charge in [0.2, 0.25) is 0 Å². The van der Waals surface area contributed by atoms with Gasteiger partial charge in [-0.2, -0.15) is 0 Å². The topological polar surface area (TPSA) is 68.0 Å². The van der Waals surface area contributed by atoms with E-state index in [-0.39, 0.29) is 11.4 Å². The van der Waals surface area contributed by atoms with Gasteiger partial charge in [-0.3, -0.25) is 9.78 Å². The normalized spacial score (nSPS) is 18.0. The monoisotopic (exact) mass is 297 g/mol. The van der Waals surface area contributed by atoms with Crippen LogP contribution < -0.4 is 11.1 Å². The van der Waals surface area contributed by atoms with Crippen LogP contribution in [0.1, 0.15) is 36.0 Å². The fraction of sp³-hybridized carbons (Fsp3) is 0.500. The van der Waals surface area contributed by atoms with Crippen molar-refractivity contribution in [2.24, 2.45) is 5.73 Å². The molecule has 17 heavy (non-hydrogen) atoms. The second-order valence-corrected chi connectivity index (χ2v) is 5.45. The quantitative estimate of drug-likeness (QED) is 0.895. The number of pyridine rings is 1. The van der Waals surface area contributed by atoms with Crippen LogP contribution in [0.25, 0.3) is 0 Å². The first-order valence-corrected chi connectivity index (χ1v) is 6.58. The highest BCUT2D eigenvalue weighted by Gasteiger charge is 2.34. The number of rotatable bonds is 3. The number of hydrogen-bond donors (Lipinski definition) is 2. The molecule has 0 radical (unpaired) electrons. The number of nitrogens with one attached hydrogen (secondary N) is 1. The molecule has 0 unspecified atom stereocenters. The van der Waals surface area contributed by atoms with Gasteiger partial charge in [0.05, 0.1) is 11.1 Å². The Morgan fingerprint density at radius 2 is 2.18 bits per heavy atom. The van der Waals surface area contributed by atoms with Crippen LogP contribution in [0.3, 0.4) is 0 Å². The van der Waals surface area contributed by atoms with Crippen LogP contribution in [0.5, 0.6) is 0 Å². The second kappa shape index (κ2) is 5.14. The predicted molar refractivity (Wildman–Crippen MR) is 69.7 cm³/mol. The summed E-state index contributed by atoms with van der Waals surface area (Å²) in [6.07, 6.45) is 7.43. The molecule has 0 atom stereocenters. The first kappa shape index (κ1) is 12.5. The molecule has 0 saturated heterocycles. The summed E-state index contributed by atoms with van der Waals surface area (Å²) in [5.41, 5.74) is 6.15. The average molecular weight is 298 g/mol.